The van der Waals surface area contributed by atoms with Crippen molar-refractivity contribution in [3.05, 3.63) is 0 Å². The maximum atomic E-state index is 12.0. The summed E-state index contributed by atoms with van der Waals surface area (Å²) in [6.45, 7) is 3.35. The first-order valence-electron chi connectivity index (χ1n) is 5.95. The molecular weight excluding hydrogens is 267 g/mol. The Bertz CT molecular complexity index is 289. The lowest BCUT2D eigenvalue weighted by Gasteiger charge is -2.38. The molecule has 0 saturated carbocycles. The van der Waals surface area contributed by atoms with Crippen LogP contribution in [0.25, 0.3) is 0 Å². The number of alkyl halides is 3. The second kappa shape index (κ2) is 6.14. The number of hydrogen-bond acceptors (Lipinski definition) is 3. The predicted molar refractivity (Wildman–Crippen MR) is 64.5 cm³/mol. The molecule has 1 aliphatic heterocycles. The van der Waals surface area contributed by atoms with E-state index in [0.717, 1.165) is 0 Å². The van der Waals surface area contributed by atoms with E-state index in [0.29, 0.717) is 38.9 Å². The third-order valence-electron chi connectivity index (χ3n) is 3.62. The molecule has 1 heterocycles. The van der Waals surface area contributed by atoms with Gasteiger partial charge in [0.1, 0.15) is 0 Å². The lowest BCUT2D eigenvalue weighted by molar-refractivity contribution is -0.152. The number of piperidine rings is 1. The van der Waals surface area contributed by atoms with Crippen LogP contribution in [-0.4, -0.2) is 46.9 Å². The molecule has 1 saturated heterocycles. The molecule has 0 amide bonds. The fourth-order valence-electron chi connectivity index (χ4n) is 2.21. The molecule has 7 heteroatoms. The summed E-state index contributed by atoms with van der Waals surface area (Å²) in [5.74, 6) is -0.773. The zero-order valence-electron chi connectivity index (χ0n) is 10.3. The van der Waals surface area contributed by atoms with Gasteiger partial charge >= 0.3 is 11.5 Å². The smallest absolute Gasteiger partial charge is 0.441 e. The molecule has 1 rings (SSSR count). The summed E-state index contributed by atoms with van der Waals surface area (Å²) in [6, 6.07) is 0. The van der Waals surface area contributed by atoms with Crippen molar-refractivity contribution in [2.45, 2.75) is 31.7 Å². The zero-order chi connectivity index (χ0) is 13.8. The third kappa shape index (κ3) is 4.35. The quantitative estimate of drug-likeness (QED) is 0.843. The Morgan fingerprint density at radius 1 is 1.39 bits per heavy atom. The van der Waals surface area contributed by atoms with Crippen molar-refractivity contribution in [3.63, 3.8) is 0 Å². The first-order chi connectivity index (χ1) is 8.29. The molecule has 0 aromatic rings. The van der Waals surface area contributed by atoms with Crippen LogP contribution < -0.4 is 0 Å². The van der Waals surface area contributed by atoms with Crippen LogP contribution in [0, 0.1) is 5.41 Å². The van der Waals surface area contributed by atoms with Gasteiger partial charge in [-0.2, -0.15) is 13.2 Å². The molecule has 1 N–H and O–H groups in total. The number of hydrogen-bond donors (Lipinski definition) is 1. The van der Waals surface area contributed by atoms with Crippen molar-refractivity contribution in [2.24, 2.45) is 5.41 Å². The highest BCUT2D eigenvalue weighted by Gasteiger charge is 2.39. The highest BCUT2D eigenvalue weighted by molar-refractivity contribution is 8.00. The van der Waals surface area contributed by atoms with Gasteiger partial charge in [-0.3, -0.25) is 4.79 Å². The molecule has 0 radical (unpaired) electrons. The van der Waals surface area contributed by atoms with Crippen LogP contribution >= 0.6 is 11.8 Å². The van der Waals surface area contributed by atoms with Gasteiger partial charge in [0.05, 0.1) is 5.41 Å². The molecule has 1 fully saturated rings. The molecule has 18 heavy (non-hydrogen) atoms. The maximum absolute atomic E-state index is 12.0. The Hall–Kier alpha value is -0.430. The van der Waals surface area contributed by atoms with Crippen LogP contribution in [0.1, 0.15) is 26.2 Å². The van der Waals surface area contributed by atoms with Gasteiger partial charge in [0.15, 0.2) is 0 Å². The van der Waals surface area contributed by atoms with E-state index >= 15 is 0 Å². The molecule has 3 nitrogen and oxygen atoms in total. The van der Waals surface area contributed by atoms with Gasteiger partial charge in [-0.05, 0) is 44.1 Å². The summed E-state index contributed by atoms with van der Waals surface area (Å²) in [5.41, 5.74) is -4.85. The highest BCUT2D eigenvalue weighted by atomic mass is 32.2. The minimum Gasteiger partial charge on any atom is -0.481 e. The van der Waals surface area contributed by atoms with E-state index in [-0.39, 0.29) is 17.5 Å². The Labute approximate surface area is 109 Å². The molecule has 0 atom stereocenters. The molecule has 0 bridgehead atoms. The number of carboxylic acids is 1. The van der Waals surface area contributed by atoms with Crippen LogP contribution in [0.15, 0.2) is 0 Å². The Morgan fingerprint density at radius 2 is 1.94 bits per heavy atom. The monoisotopic (exact) mass is 285 g/mol. The number of thioether (sulfide) groups is 1. The van der Waals surface area contributed by atoms with Gasteiger partial charge in [0.2, 0.25) is 0 Å². The number of likely N-dealkylation sites (tertiary alicyclic amines) is 1. The average Bonchev–Trinajstić information content (AvgIpc) is 2.28. The predicted octanol–water partition coefficient (Wildman–Crippen LogP) is 2.82. The van der Waals surface area contributed by atoms with Gasteiger partial charge in [-0.1, -0.05) is 6.92 Å². The Kier molecular flexibility index (Phi) is 5.33. The molecule has 106 valence electrons. The molecular formula is C11H18F3NO2S. The molecule has 0 aliphatic carbocycles. The standard InChI is InChI=1S/C11H18F3NO2S/c1-2-10(9(16)17)3-5-15(6-4-10)7-8-18-11(12,13)14/h2-8H2,1H3,(H,16,17). The summed E-state index contributed by atoms with van der Waals surface area (Å²) in [4.78, 5) is 13.1. The van der Waals surface area contributed by atoms with Crippen molar-refractivity contribution in [1.29, 1.82) is 0 Å². The van der Waals surface area contributed by atoms with Crippen LogP contribution in [0.3, 0.4) is 0 Å². The van der Waals surface area contributed by atoms with Gasteiger partial charge in [0, 0.05) is 12.3 Å². The Morgan fingerprint density at radius 3 is 2.33 bits per heavy atom. The van der Waals surface area contributed by atoms with E-state index in [1.54, 1.807) is 0 Å². The second-order valence-corrected chi connectivity index (χ2v) is 5.73. The number of aliphatic carboxylic acids is 1. The number of halogens is 3. The van der Waals surface area contributed by atoms with E-state index in [1.807, 2.05) is 11.8 Å². The fourth-order valence-corrected chi connectivity index (χ4v) is 2.79. The number of nitrogens with zero attached hydrogens (tertiary/aromatic N) is 1. The molecule has 1 aliphatic rings. The number of carbonyl (C=O) groups is 1. The summed E-state index contributed by atoms with van der Waals surface area (Å²) >= 11 is -0.0188. The first kappa shape index (κ1) is 15.6. The van der Waals surface area contributed by atoms with Crippen LogP contribution in [0.4, 0.5) is 13.2 Å². The molecule has 0 unspecified atom stereocenters. The third-order valence-corrected chi connectivity index (χ3v) is 4.33. The summed E-state index contributed by atoms with van der Waals surface area (Å²) in [5, 5.41) is 9.19. The molecule has 0 aromatic heterocycles. The van der Waals surface area contributed by atoms with Gasteiger partial charge in [0.25, 0.3) is 0 Å². The van der Waals surface area contributed by atoms with E-state index in [4.69, 9.17) is 0 Å². The van der Waals surface area contributed by atoms with Crippen molar-refractivity contribution in [1.82, 2.24) is 4.90 Å². The van der Waals surface area contributed by atoms with Crippen LogP contribution in [0.5, 0.6) is 0 Å². The van der Waals surface area contributed by atoms with Gasteiger partial charge in [-0.25, -0.2) is 0 Å². The highest BCUT2D eigenvalue weighted by Crippen LogP contribution is 2.35. The Balaban J connectivity index is 2.33. The number of carboxylic acid groups (broad SMARTS) is 1. The maximum Gasteiger partial charge on any atom is 0.441 e. The van der Waals surface area contributed by atoms with E-state index in [2.05, 4.69) is 0 Å². The van der Waals surface area contributed by atoms with Crippen molar-refractivity contribution in [3.8, 4) is 0 Å². The lowest BCUT2D eigenvalue weighted by Crippen LogP contribution is -2.44. The fraction of sp³-hybridized carbons (Fsp3) is 0.909. The first-order valence-corrected chi connectivity index (χ1v) is 6.94. The van der Waals surface area contributed by atoms with Crippen LogP contribution in [-0.2, 0) is 4.79 Å². The average molecular weight is 285 g/mol. The number of rotatable bonds is 5. The van der Waals surface area contributed by atoms with Crippen molar-refractivity contribution in [2.75, 3.05) is 25.4 Å². The summed E-state index contributed by atoms with van der Waals surface area (Å²) in [6.07, 6.45) is 1.62. The molecule has 0 spiro atoms. The van der Waals surface area contributed by atoms with Crippen LogP contribution in [0.2, 0.25) is 0 Å². The minimum atomic E-state index is -4.18. The second-order valence-electron chi connectivity index (χ2n) is 4.57. The SMILES string of the molecule is CCC1(C(=O)O)CCN(CCSC(F)(F)F)CC1. The topological polar surface area (TPSA) is 40.5 Å². The summed E-state index contributed by atoms with van der Waals surface area (Å²) < 4.78 is 35.9. The normalized spacial score (nSPS) is 20.9. The van der Waals surface area contributed by atoms with E-state index in [9.17, 15) is 23.1 Å². The largest absolute Gasteiger partial charge is 0.481 e. The van der Waals surface area contributed by atoms with E-state index in [1.165, 1.54) is 0 Å². The summed E-state index contributed by atoms with van der Waals surface area (Å²) in [7, 11) is 0. The van der Waals surface area contributed by atoms with Gasteiger partial charge < -0.3 is 10.0 Å². The van der Waals surface area contributed by atoms with Crippen molar-refractivity contribution < 1.29 is 23.1 Å². The van der Waals surface area contributed by atoms with E-state index < -0.39 is 16.9 Å². The lowest BCUT2D eigenvalue weighted by atomic mass is 9.76. The van der Waals surface area contributed by atoms with Crippen molar-refractivity contribution >= 4 is 17.7 Å². The molecule has 0 aromatic carbocycles. The minimum absolute atomic E-state index is 0.00962. The van der Waals surface area contributed by atoms with Gasteiger partial charge in [-0.15, -0.1) is 0 Å². The zero-order valence-corrected chi connectivity index (χ0v) is 11.1.